The average molecular weight is 380 g/mol. The zero-order chi connectivity index (χ0) is 19.0. The number of amides is 1. The Labute approximate surface area is 162 Å². The third kappa shape index (κ3) is 3.23. The number of fused-ring (bicyclic) bond motifs is 1. The van der Waals surface area contributed by atoms with Gasteiger partial charge in [-0.25, -0.2) is 0 Å². The highest BCUT2D eigenvalue weighted by atomic mass is 32.2. The van der Waals surface area contributed by atoms with Gasteiger partial charge in [-0.1, -0.05) is 17.3 Å². The molecule has 0 spiro atoms. The van der Waals surface area contributed by atoms with Crippen molar-refractivity contribution >= 4 is 17.7 Å². The molecule has 1 aromatic carbocycles. The lowest BCUT2D eigenvalue weighted by Crippen LogP contribution is -2.36. The lowest BCUT2D eigenvalue weighted by atomic mass is 9.94. The van der Waals surface area contributed by atoms with Crippen LogP contribution in [0.5, 0.6) is 0 Å². The number of benzene rings is 1. The van der Waals surface area contributed by atoms with Gasteiger partial charge in [0, 0.05) is 42.4 Å². The van der Waals surface area contributed by atoms with Crippen molar-refractivity contribution in [1.82, 2.24) is 20.0 Å². The number of pyridine rings is 1. The largest absolute Gasteiger partial charge is 0.339 e. The van der Waals surface area contributed by atoms with Gasteiger partial charge in [0.1, 0.15) is 0 Å². The van der Waals surface area contributed by atoms with Crippen LogP contribution in [0.15, 0.2) is 39.9 Å². The third-order valence-corrected chi connectivity index (χ3v) is 5.63. The molecule has 27 heavy (non-hydrogen) atoms. The molecule has 7 heteroatoms. The Hall–Kier alpha value is -2.67. The van der Waals surface area contributed by atoms with Crippen molar-refractivity contribution in [2.75, 3.05) is 12.8 Å². The molecule has 1 amide bonds. The Morgan fingerprint density at radius 3 is 2.81 bits per heavy atom. The first-order valence-corrected chi connectivity index (χ1v) is 10.0. The lowest BCUT2D eigenvalue weighted by molar-refractivity contribution is 0.0731. The van der Waals surface area contributed by atoms with E-state index in [-0.39, 0.29) is 5.91 Å². The van der Waals surface area contributed by atoms with Crippen molar-refractivity contribution in [2.45, 2.75) is 31.7 Å². The fourth-order valence-corrected chi connectivity index (χ4v) is 4.10. The van der Waals surface area contributed by atoms with Crippen LogP contribution in [0, 0.1) is 13.8 Å². The molecule has 0 N–H and O–H groups in total. The van der Waals surface area contributed by atoms with E-state index in [4.69, 9.17) is 4.52 Å². The minimum Gasteiger partial charge on any atom is -0.339 e. The minimum absolute atomic E-state index is 0.0585. The van der Waals surface area contributed by atoms with Crippen molar-refractivity contribution in [3.8, 4) is 11.4 Å². The fourth-order valence-electron chi connectivity index (χ4n) is 3.51. The topological polar surface area (TPSA) is 72.1 Å². The summed E-state index contributed by atoms with van der Waals surface area (Å²) in [4.78, 5) is 24.8. The van der Waals surface area contributed by atoms with Crippen molar-refractivity contribution in [3.05, 3.63) is 58.7 Å². The number of hydrogen-bond acceptors (Lipinski definition) is 6. The van der Waals surface area contributed by atoms with E-state index in [1.54, 1.807) is 18.7 Å². The maximum absolute atomic E-state index is 13.1. The Morgan fingerprint density at radius 2 is 2.07 bits per heavy atom. The first kappa shape index (κ1) is 17.7. The SMILES string of the molecule is CSc1ccccc1C(=O)N1CCc2c(cnc(C)c2-c2noc(C)n2)C1. The lowest BCUT2D eigenvalue weighted by Gasteiger charge is -2.30. The predicted octanol–water partition coefficient (Wildman–Crippen LogP) is 3.67. The molecule has 0 radical (unpaired) electrons. The van der Waals surface area contributed by atoms with E-state index in [0.29, 0.717) is 24.8 Å². The van der Waals surface area contributed by atoms with Crippen LogP contribution in [0.1, 0.15) is 33.1 Å². The minimum atomic E-state index is 0.0585. The second-order valence-corrected chi connectivity index (χ2v) is 7.38. The Kier molecular flexibility index (Phi) is 4.70. The van der Waals surface area contributed by atoms with E-state index >= 15 is 0 Å². The smallest absolute Gasteiger partial charge is 0.255 e. The number of carbonyl (C=O) groups is 1. The van der Waals surface area contributed by atoms with E-state index in [0.717, 1.165) is 39.3 Å². The molecule has 0 bridgehead atoms. The second-order valence-electron chi connectivity index (χ2n) is 6.54. The third-order valence-electron chi connectivity index (χ3n) is 4.83. The van der Waals surface area contributed by atoms with E-state index in [1.807, 2.05) is 48.5 Å². The highest BCUT2D eigenvalue weighted by Gasteiger charge is 2.27. The molecule has 0 aliphatic carbocycles. The summed E-state index contributed by atoms with van der Waals surface area (Å²) in [6.07, 6.45) is 4.60. The molecule has 1 aliphatic rings. The quantitative estimate of drug-likeness (QED) is 0.646. The summed E-state index contributed by atoms with van der Waals surface area (Å²) in [5, 5.41) is 4.07. The summed E-state index contributed by atoms with van der Waals surface area (Å²) in [5.41, 5.74) is 4.76. The van der Waals surface area contributed by atoms with Crippen molar-refractivity contribution < 1.29 is 9.32 Å². The molecule has 3 aromatic rings. The van der Waals surface area contributed by atoms with Gasteiger partial charge in [-0.2, -0.15) is 4.98 Å². The van der Waals surface area contributed by atoms with Gasteiger partial charge in [0.25, 0.3) is 5.91 Å². The number of carbonyl (C=O) groups excluding carboxylic acids is 1. The molecule has 0 unspecified atom stereocenters. The van der Waals surface area contributed by atoms with Crippen LogP contribution in [0.25, 0.3) is 11.4 Å². The Bertz CT molecular complexity index is 1010. The van der Waals surface area contributed by atoms with Crippen LogP contribution >= 0.6 is 11.8 Å². The standard InChI is InChI=1S/C20H20N4O2S/c1-12-18(19-22-13(2)26-23-19)15-8-9-24(11-14(15)10-21-12)20(25)16-6-4-5-7-17(16)27-3/h4-7,10H,8-9,11H2,1-3H3. The number of rotatable bonds is 3. The maximum atomic E-state index is 13.1. The van der Waals surface area contributed by atoms with Gasteiger partial charge in [0.15, 0.2) is 0 Å². The summed E-state index contributed by atoms with van der Waals surface area (Å²) in [6, 6.07) is 7.74. The van der Waals surface area contributed by atoms with E-state index in [2.05, 4.69) is 15.1 Å². The fraction of sp³-hybridized carbons (Fsp3) is 0.300. The predicted molar refractivity (Wildman–Crippen MR) is 104 cm³/mol. The number of nitrogens with zero attached hydrogens (tertiary/aromatic N) is 4. The normalized spacial score (nSPS) is 13.5. The van der Waals surface area contributed by atoms with Crippen LogP contribution in [0.4, 0.5) is 0 Å². The average Bonchev–Trinajstić information content (AvgIpc) is 3.12. The van der Waals surface area contributed by atoms with Crippen LogP contribution in [-0.4, -0.2) is 38.7 Å². The zero-order valence-corrected chi connectivity index (χ0v) is 16.3. The highest BCUT2D eigenvalue weighted by molar-refractivity contribution is 7.98. The Morgan fingerprint density at radius 1 is 1.26 bits per heavy atom. The van der Waals surface area contributed by atoms with Crippen LogP contribution in [0.2, 0.25) is 0 Å². The number of aryl methyl sites for hydroxylation is 2. The van der Waals surface area contributed by atoms with Crippen LogP contribution < -0.4 is 0 Å². The molecule has 1 aliphatic heterocycles. The van der Waals surface area contributed by atoms with Gasteiger partial charge in [0.2, 0.25) is 11.7 Å². The highest BCUT2D eigenvalue weighted by Crippen LogP contribution is 2.31. The first-order valence-electron chi connectivity index (χ1n) is 8.79. The summed E-state index contributed by atoms with van der Waals surface area (Å²) < 4.78 is 5.15. The molecule has 0 fully saturated rings. The van der Waals surface area contributed by atoms with Crippen molar-refractivity contribution in [3.63, 3.8) is 0 Å². The number of hydrogen-bond donors (Lipinski definition) is 0. The van der Waals surface area contributed by atoms with Gasteiger partial charge < -0.3 is 9.42 Å². The molecule has 0 saturated heterocycles. The molecule has 4 rings (SSSR count). The molecule has 2 aromatic heterocycles. The summed E-state index contributed by atoms with van der Waals surface area (Å²) in [5.74, 6) is 1.16. The maximum Gasteiger partial charge on any atom is 0.255 e. The van der Waals surface area contributed by atoms with Gasteiger partial charge in [0.05, 0.1) is 5.56 Å². The summed E-state index contributed by atoms with van der Waals surface area (Å²) in [6.45, 7) is 4.92. The zero-order valence-electron chi connectivity index (χ0n) is 15.5. The molecule has 6 nitrogen and oxygen atoms in total. The Balaban J connectivity index is 1.67. The van der Waals surface area contributed by atoms with Crippen LogP contribution in [-0.2, 0) is 13.0 Å². The van der Waals surface area contributed by atoms with Gasteiger partial charge >= 0.3 is 0 Å². The van der Waals surface area contributed by atoms with Gasteiger partial charge in [-0.15, -0.1) is 11.8 Å². The van der Waals surface area contributed by atoms with Gasteiger partial charge in [-0.3, -0.25) is 9.78 Å². The van der Waals surface area contributed by atoms with E-state index < -0.39 is 0 Å². The van der Waals surface area contributed by atoms with Crippen LogP contribution in [0.3, 0.4) is 0 Å². The molecule has 138 valence electrons. The monoisotopic (exact) mass is 380 g/mol. The molecule has 0 atom stereocenters. The number of aromatic nitrogens is 3. The second kappa shape index (κ2) is 7.15. The molecular weight excluding hydrogens is 360 g/mol. The van der Waals surface area contributed by atoms with Crippen molar-refractivity contribution in [1.29, 1.82) is 0 Å². The first-order chi connectivity index (χ1) is 13.1. The number of thioether (sulfide) groups is 1. The molecule has 0 saturated carbocycles. The van der Waals surface area contributed by atoms with Crippen molar-refractivity contribution in [2.24, 2.45) is 0 Å². The summed E-state index contributed by atoms with van der Waals surface area (Å²) in [7, 11) is 0. The molecule has 3 heterocycles. The van der Waals surface area contributed by atoms with E-state index in [1.165, 1.54) is 0 Å². The van der Waals surface area contributed by atoms with Gasteiger partial charge in [-0.05, 0) is 42.9 Å². The summed E-state index contributed by atoms with van der Waals surface area (Å²) >= 11 is 1.59. The molecular formula is C20H20N4O2S. The van der Waals surface area contributed by atoms with E-state index in [9.17, 15) is 4.79 Å².